The molecule has 2 saturated heterocycles. The molecule has 2 aliphatic heterocycles. The van der Waals surface area contributed by atoms with Gasteiger partial charge < -0.3 is 10.2 Å². The summed E-state index contributed by atoms with van der Waals surface area (Å²) in [6, 6.07) is 7.48. The van der Waals surface area contributed by atoms with Gasteiger partial charge in [-0.25, -0.2) is 4.79 Å². The van der Waals surface area contributed by atoms with Gasteiger partial charge in [0.1, 0.15) is 0 Å². The highest BCUT2D eigenvalue weighted by Gasteiger charge is 2.34. The van der Waals surface area contributed by atoms with Crippen molar-refractivity contribution in [2.45, 2.75) is 71.0 Å². The first-order valence-corrected chi connectivity index (χ1v) is 11.0. The fourth-order valence-corrected chi connectivity index (χ4v) is 4.68. The summed E-state index contributed by atoms with van der Waals surface area (Å²) in [7, 11) is 0. The lowest BCUT2D eigenvalue weighted by Gasteiger charge is -2.41. The van der Waals surface area contributed by atoms with E-state index in [2.05, 4.69) is 15.1 Å². The second-order valence-corrected chi connectivity index (χ2v) is 8.75. The highest BCUT2D eigenvalue weighted by atomic mass is 16.6. The minimum absolute atomic E-state index is 0.0974. The van der Waals surface area contributed by atoms with Gasteiger partial charge in [0.25, 0.3) is 5.69 Å². The van der Waals surface area contributed by atoms with Gasteiger partial charge in [0.2, 0.25) is 0 Å². The van der Waals surface area contributed by atoms with E-state index in [1.807, 2.05) is 26.0 Å². The average Bonchev–Trinajstić information content (AvgIpc) is 2.95. The molecule has 2 heterocycles. The zero-order valence-electron chi connectivity index (χ0n) is 17.7. The van der Waals surface area contributed by atoms with Crippen LogP contribution in [0.5, 0.6) is 0 Å². The normalized spacial score (nSPS) is 21.8. The molecule has 0 radical (unpaired) electrons. The molecule has 0 aromatic heterocycles. The van der Waals surface area contributed by atoms with Gasteiger partial charge in [0.05, 0.1) is 4.92 Å². The van der Waals surface area contributed by atoms with E-state index in [1.54, 1.807) is 12.1 Å². The van der Waals surface area contributed by atoms with E-state index in [0.29, 0.717) is 12.0 Å². The molecule has 160 valence electrons. The third-order valence-corrected chi connectivity index (χ3v) is 6.20. The monoisotopic (exact) mass is 402 g/mol. The maximum atomic E-state index is 12.8. The molecule has 7 nitrogen and oxygen atoms in total. The number of hydrogen-bond acceptors (Lipinski definition) is 4. The van der Waals surface area contributed by atoms with Crippen LogP contribution in [0.4, 0.5) is 10.5 Å². The number of nitro groups is 1. The topological polar surface area (TPSA) is 78.7 Å². The van der Waals surface area contributed by atoms with Gasteiger partial charge in [0.15, 0.2) is 0 Å². The third kappa shape index (κ3) is 5.92. The van der Waals surface area contributed by atoms with Gasteiger partial charge in [-0.3, -0.25) is 15.0 Å². The number of piperidine rings is 1. The summed E-state index contributed by atoms with van der Waals surface area (Å²) >= 11 is 0. The molecule has 29 heavy (non-hydrogen) atoms. The summed E-state index contributed by atoms with van der Waals surface area (Å²) in [6.45, 7) is 7.75. The molecule has 0 aliphatic carbocycles. The van der Waals surface area contributed by atoms with Crippen LogP contribution in [0, 0.1) is 16.0 Å². The van der Waals surface area contributed by atoms with E-state index in [0.717, 1.165) is 57.4 Å². The number of likely N-dealkylation sites (tertiary alicyclic amines) is 2. The molecule has 1 aromatic carbocycles. The van der Waals surface area contributed by atoms with Crippen LogP contribution in [0.2, 0.25) is 0 Å². The molecule has 7 heteroatoms. The third-order valence-electron chi connectivity index (χ3n) is 6.20. The molecule has 0 bridgehead atoms. The van der Waals surface area contributed by atoms with Crippen molar-refractivity contribution in [2.75, 3.05) is 19.6 Å². The SMILES string of the molecule is CC(C)NC(=O)N1CCCCC[C@@H]1C1CCN(Cc2ccc([N+](=O)[O-])cc2)CC1. The van der Waals surface area contributed by atoms with Crippen LogP contribution >= 0.6 is 0 Å². The summed E-state index contributed by atoms with van der Waals surface area (Å²) < 4.78 is 0. The van der Waals surface area contributed by atoms with Crippen molar-refractivity contribution >= 4 is 11.7 Å². The molecule has 0 saturated carbocycles. The van der Waals surface area contributed by atoms with E-state index in [1.165, 1.54) is 12.8 Å². The molecule has 1 atom stereocenters. The number of nitro benzene ring substituents is 1. The van der Waals surface area contributed by atoms with Gasteiger partial charge in [-0.2, -0.15) is 0 Å². The Kier molecular flexibility index (Phi) is 7.47. The largest absolute Gasteiger partial charge is 0.336 e. The van der Waals surface area contributed by atoms with E-state index in [4.69, 9.17) is 0 Å². The Hall–Kier alpha value is -2.15. The van der Waals surface area contributed by atoms with Crippen LogP contribution in [0.3, 0.4) is 0 Å². The van der Waals surface area contributed by atoms with Crippen molar-refractivity contribution < 1.29 is 9.72 Å². The molecule has 1 aromatic rings. The second-order valence-electron chi connectivity index (χ2n) is 8.75. The minimum Gasteiger partial charge on any atom is -0.336 e. The van der Waals surface area contributed by atoms with Gasteiger partial charge >= 0.3 is 6.03 Å². The second kappa shape index (κ2) is 10.1. The Labute approximate surface area is 173 Å². The number of hydrogen-bond donors (Lipinski definition) is 1. The predicted octanol–water partition coefficient (Wildman–Crippen LogP) is 4.17. The lowest BCUT2D eigenvalue weighted by Crippen LogP contribution is -2.52. The number of carbonyl (C=O) groups excluding carboxylic acids is 1. The first-order valence-electron chi connectivity index (χ1n) is 11.0. The predicted molar refractivity (Wildman–Crippen MR) is 114 cm³/mol. The number of benzene rings is 1. The standard InChI is InChI=1S/C22H34N4O3/c1-17(2)23-22(27)25-13-5-3-4-6-21(25)19-11-14-24(15-12-19)16-18-7-9-20(10-8-18)26(28)29/h7-10,17,19,21H,3-6,11-16H2,1-2H3,(H,23,27)/t21-/m1/s1. The fourth-order valence-electron chi connectivity index (χ4n) is 4.68. The molecule has 1 N–H and O–H groups in total. The fraction of sp³-hybridized carbons (Fsp3) is 0.682. The van der Waals surface area contributed by atoms with Gasteiger partial charge in [-0.15, -0.1) is 0 Å². The van der Waals surface area contributed by atoms with E-state index >= 15 is 0 Å². The van der Waals surface area contributed by atoms with Crippen LogP contribution in [0.1, 0.15) is 57.9 Å². The summed E-state index contributed by atoms with van der Waals surface area (Å²) in [6.07, 6.45) is 6.83. The van der Waals surface area contributed by atoms with Gasteiger partial charge in [-0.1, -0.05) is 25.0 Å². The molecule has 3 rings (SSSR count). The lowest BCUT2D eigenvalue weighted by atomic mass is 9.86. The number of amides is 2. The first kappa shape index (κ1) is 21.6. The maximum Gasteiger partial charge on any atom is 0.317 e. The molecule has 2 amide bonds. The molecule has 0 spiro atoms. The van der Waals surface area contributed by atoms with Crippen molar-refractivity contribution in [2.24, 2.45) is 5.92 Å². The van der Waals surface area contributed by atoms with Crippen LogP contribution in [0.15, 0.2) is 24.3 Å². The smallest absolute Gasteiger partial charge is 0.317 e. The Balaban J connectivity index is 1.56. The summed E-state index contributed by atoms with van der Waals surface area (Å²) in [5, 5.41) is 13.9. The number of carbonyl (C=O) groups is 1. The number of non-ortho nitro benzene ring substituents is 1. The van der Waals surface area contributed by atoms with Crippen LogP contribution < -0.4 is 5.32 Å². The number of nitrogens with zero attached hydrogens (tertiary/aromatic N) is 3. The summed E-state index contributed by atoms with van der Waals surface area (Å²) in [5.74, 6) is 0.555. The van der Waals surface area contributed by atoms with Crippen molar-refractivity contribution in [3.63, 3.8) is 0 Å². The van der Waals surface area contributed by atoms with E-state index in [9.17, 15) is 14.9 Å². The quantitative estimate of drug-likeness (QED) is 0.592. The highest BCUT2D eigenvalue weighted by molar-refractivity contribution is 5.74. The molecular weight excluding hydrogens is 368 g/mol. The number of nitrogens with one attached hydrogen (secondary N) is 1. The van der Waals surface area contributed by atoms with Crippen molar-refractivity contribution in [1.29, 1.82) is 0 Å². The Morgan fingerprint density at radius 2 is 1.79 bits per heavy atom. The Morgan fingerprint density at radius 1 is 1.10 bits per heavy atom. The molecule has 2 fully saturated rings. The molecular formula is C22H34N4O3. The highest BCUT2D eigenvalue weighted by Crippen LogP contribution is 2.30. The Morgan fingerprint density at radius 3 is 2.41 bits per heavy atom. The summed E-state index contributed by atoms with van der Waals surface area (Å²) in [5.41, 5.74) is 1.25. The lowest BCUT2D eigenvalue weighted by molar-refractivity contribution is -0.384. The van der Waals surface area contributed by atoms with Crippen molar-refractivity contribution in [3.05, 3.63) is 39.9 Å². The molecule has 0 unspecified atom stereocenters. The zero-order chi connectivity index (χ0) is 20.8. The maximum absolute atomic E-state index is 12.8. The minimum atomic E-state index is -0.358. The van der Waals surface area contributed by atoms with Crippen LogP contribution in [-0.4, -0.2) is 52.5 Å². The number of rotatable bonds is 5. The van der Waals surface area contributed by atoms with Crippen molar-refractivity contribution in [3.8, 4) is 0 Å². The van der Waals surface area contributed by atoms with Gasteiger partial charge in [0, 0.05) is 37.3 Å². The van der Waals surface area contributed by atoms with E-state index in [-0.39, 0.29) is 22.7 Å². The first-order chi connectivity index (χ1) is 13.9. The van der Waals surface area contributed by atoms with Crippen LogP contribution in [-0.2, 0) is 6.54 Å². The van der Waals surface area contributed by atoms with Crippen LogP contribution in [0.25, 0.3) is 0 Å². The zero-order valence-corrected chi connectivity index (χ0v) is 17.7. The Bertz CT molecular complexity index is 684. The number of urea groups is 1. The van der Waals surface area contributed by atoms with Gasteiger partial charge in [-0.05, 0) is 64.1 Å². The van der Waals surface area contributed by atoms with E-state index < -0.39 is 0 Å². The summed E-state index contributed by atoms with van der Waals surface area (Å²) in [4.78, 5) is 27.7. The average molecular weight is 403 g/mol. The van der Waals surface area contributed by atoms with Crippen molar-refractivity contribution in [1.82, 2.24) is 15.1 Å². The molecule has 2 aliphatic rings.